The summed E-state index contributed by atoms with van der Waals surface area (Å²) in [5.41, 5.74) is 1.09. The summed E-state index contributed by atoms with van der Waals surface area (Å²) in [5.74, 6) is 0.793. The van der Waals surface area contributed by atoms with Crippen LogP contribution in [0.5, 0.6) is 0 Å². The molecule has 5 heteroatoms. The van der Waals surface area contributed by atoms with E-state index in [1.54, 1.807) is 0 Å². The summed E-state index contributed by atoms with van der Waals surface area (Å²) in [7, 11) is 0. The van der Waals surface area contributed by atoms with Crippen LogP contribution in [-0.2, 0) is 20.9 Å². The molecule has 0 heterocycles. The fraction of sp³-hybridized carbons (Fsp3) is 0.353. The number of amides is 1. The number of nitroso groups, excluding NO2 is 1. The van der Waals surface area contributed by atoms with Crippen LogP contribution in [0.3, 0.4) is 0 Å². The van der Waals surface area contributed by atoms with Crippen LogP contribution in [0.25, 0.3) is 0 Å². The molecule has 2 rings (SSSR count). The average molecular weight is 301 g/mol. The van der Waals surface area contributed by atoms with Crippen LogP contribution in [0.2, 0.25) is 0 Å². The first-order valence-corrected chi connectivity index (χ1v) is 7.36. The summed E-state index contributed by atoms with van der Waals surface area (Å²) < 4.78 is 11.5. The van der Waals surface area contributed by atoms with Crippen LogP contribution in [0.1, 0.15) is 31.2 Å². The Morgan fingerprint density at radius 3 is 2.41 bits per heavy atom. The predicted octanol–water partition coefficient (Wildman–Crippen LogP) is 3.85. The van der Waals surface area contributed by atoms with Crippen LogP contribution in [0.15, 0.2) is 59.2 Å². The van der Waals surface area contributed by atoms with Gasteiger partial charge in [0.25, 0.3) is 5.91 Å². The molecule has 0 atom stereocenters. The van der Waals surface area contributed by atoms with Gasteiger partial charge in [0.1, 0.15) is 6.61 Å². The van der Waals surface area contributed by atoms with E-state index in [1.165, 1.54) is 0 Å². The van der Waals surface area contributed by atoms with E-state index >= 15 is 0 Å². The van der Waals surface area contributed by atoms with Gasteiger partial charge in [-0.1, -0.05) is 30.3 Å². The Bertz CT molecular complexity index is 563. The van der Waals surface area contributed by atoms with Gasteiger partial charge in [0.15, 0.2) is 11.5 Å². The summed E-state index contributed by atoms with van der Waals surface area (Å²) in [6.45, 7) is 0.847. The van der Waals surface area contributed by atoms with Crippen molar-refractivity contribution in [3.63, 3.8) is 0 Å². The molecule has 0 unspecified atom stereocenters. The van der Waals surface area contributed by atoms with Crippen LogP contribution >= 0.6 is 0 Å². The maximum absolute atomic E-state index is 10.8. The molecule has 0 saturated heterocycles. The molecule has 0 spiro atoms. The lowest BCUT2D eigenvalue weighted by atomic mass is 10.1. The standard InChI is InChI=1S/C17H19NO4/c19-17(18-20)11-6-12-21-15-9-4-5-10-16(15)22-13-14-7-2-1-3-8-14/h1-3,7-10H,4-6,11-13H2. The maximum atomic E-state index is 10.8. The molecule has 0 aromatic heterocycles. The van der Waals surface area contributed by atoms with Gasteiger partial charge in [-0.15, -0.1) is 4.91 Å². The van der Waals surface area contributed by atoms with Gasteiger partial charge in [0.05, 0.1) is 6.61 Å². The second-order valence-corrected chi connectivity index (χ2v) is 4.93. The van der Waals surface area contributed by atoms with E-state index in [-0.39, 0.29) is 6.42 Å². The first kappa shape index (κ1) is 15.9. The molecular weight excluding hydrogens is 282 g/mol. The van der Waals surface area contributed by atoms with Gasteiger partial charge in [-0.3, -0.25) is 4.79 Å². The van der Waals surface area contributed by atoms with Crippen molar-refractivity contribution in [2.75, 3.05) is 6.61 Å². The lowest BCUT2D eigenvalue weighted by Gasteiger charge is -2.18. The van der Waals surface area contributed by atoms with E-state index in [0.717, 1.165) is 24.2 Å². The minimum atomic E-state index is -0.641. The van der Waals surface area contributed by atoms with Gasteiger partial charge in [-0.05, 0) is 37.0 Å². The molecule has 0 fully saturated rings. The lowest BCUT2D eigenvalue weighted by molar-refractivity contribution is -0.118. The number of nitrogens with zero attached hydrogens (tertiary/aromatic N) is 1. The molecule has 0 bridgehead atoms. The molecule has 5 nitrogen and oxygen atoms in total. The molecule has 1 aliphatic rings. The third-order valence-electron chi connectivity index (χ3n) is 3.20. The molecule has 0 saturated carbocycles. The third-order valence-corrected chi connectivity index (χ3v) is 3.20. The first-order valence-electron chi connectivity index (χ1n) is 7.36. The van der Waals surface area contributed by atoms with Gasteiger partial charge in [-0.25, -0.2) is 0 Å². The Morgan fingerprint density at radius 1 is 1.05 bits per heavy atom. The van der Waals surface area contributed by atoms with Crippen molar-refractivity contribution in [1.29, 1.82) is 0 Å². The van der Waals surface area contributed by atoms with E-state index < -0.39 is 5.91 Å². The Kier molecular flexibility index (Phi) is 6.36. The van der Waals surface area contributed by atoms with Crippen LogP contribution < -0.4 is 0 Å². The van der Waals surface area contributed by atoms with E-state index in [4.69, 9.17) is 9.47 Å². The first-order chi connectivity index (χ1) is 10.8. The van der Waals surface area contributed by atoms with Gasteiger partial charge >= 0.3 is 0 Å². The molecule has 0 aliphatic heterocycles. The van der Waals surface area contributed by atoms with Crippen LogP contribution in [0, 0.1) is 4.91 Å². The predicted molar refractivity (Wildman–Crippen MR) is 82.6 cm³/mol. The number of hydrogen-bond donors (Lipinski definition) is 0. The normalized spacial score (nSPS) is 13.8. The zero-order valence-electron chi connectivity index (χ0n) is 12.4. The Labute approximate surface area is 129 Å². The highest BCUT2D eigenvalue weighted by Crippen LogP contribution is 2.22. The number of allylic oxidation sites excluding steroid dienone is 2. The van der Waals surface area contributed by atoms with Crippen molar-refractivity contribution in [2.24, 2.45) is 5.18 Å². The van der Waals surface area contributed by atoms with E-state index in [9.17, 15) is 9.70 Å². The molecule has 1 aromatic rings. The molecule has 22 heavy (non-hydrogen) atoms. The smallest absolute Gasteiger partial charge is 0.286 e. The second-order valence-electron chi connectivity index (χ2n) is 4.93. The number of carbonyl (C=O) groups excluding carboxylic acids is 1. The molecular formula is C17H19NO4. The van der Waals surface area contributed by atoms with E-state index in [2.05, 4.69) is 5.18 Å². The van der Waals surface area contributed by atoms with Crippen LogP contribution in [-0.4, -0.2) is 12.5 Å². The zero-order chi connectivity index (χ0) is 15.6. The summed E-state index contributed by atoms with van der Waals surface area (Å²) >= 11 is 0. The monoisotopic (exact) mass is 301 g/mol. The summed E-state index contributed by atoms with van der Waals surface area (Å²) in [4.78, 5) is 20.8. The fourth-order valence-corrected chi connectivity index (χ4v) is 2.08. The van der Waals surface area contributed by atoms with Gasteiger partial charge in [-0.2, -0.15) is 0 Å². The largest absolute Gasteiger partial charge is 0.490 e. The van der Waals surface area contributed by atoms with Crippen molar-refractivity contribution in [3.05, 3.63) is 64.5 Å². The molecule has 0 radical (unpaired) electrons. The summed E-state index contributed by atoms with van der Waals surface area (Å²) in [6, 6.07) is 9.92. The van der Waals surface area contributed by atoms with Crippen molar-refractivity contribution < 1.29 is 14.3 Å². The average Bonchev–Trinajstić information content (AvgIpc) is 2.58. The van der Waals surface area contributed by atoms with Gasteiger partial charge in [0, 0.05) is 11.6 Å². The number of ether oxygens (including phenoxy) is 2. The van der Waals surface area contributed by atoms with Gasteiger partial charge < -0.3 is 9.47 Å². The quantitative estimate of drug-likeness (QED) is 0.540. The van der Waals surface area contributed by atoms with Crippen molar-refractivity contribution in [1.82, 2.24) is 0 Å². The van der Waals surface area contributed by atoms with Crippen molar-refractivity contribution >= 4 is 5.91 Å². The Hall–Kier alpha value is -2.43. The zero-order valence-corrected chi connectivity index (χ0v) is 12.4. The number of hydrogen-bond acceptors (Lipinski definition) is 4. The fourth-order valence-electron chi connectivity index (χ4n) is 2.08. The highest BCUT2D eigenvalue weighted by molar-refractivity contribution is 5.76. The lowest BCUT2D eigenvalue weighted by Crippen LogP contribution is -2.06. The highest BCUT2D eigenvalue weighted by Gasteiger charge is 2.12. The molecule has 116 valence electrons. The number of benzene rings is 1. The SMILES string of the molecule is O=NC(=O)CCCOC1=CCCC=C1OCc1ccccc1. The highest BCUT2D eigenvalue weighted by atomic mass is 16.5. The second kappa shape index (κ2) is 8.77. The van der Waals surface area contributed by atoms with E-state index in [0.29, 0.717) is 25.4 Å². The Balaban J connectivity index is 1.79. The van der Waals surface area contributed by atoms with Crippen molar-refractivity contribution in [3.8, 4) is 0 Å². The molecule has 1 amide bonds. The third kappa shape index (κ3) is 5.16. The Morgan fingerprint density at radius 2 is 1.73 bits per heavy atom. The van der Waals surface area contributed by atoms with Crippen molar-refractivity contribution in [2.45, 2.75) is 32.3 Å². The van der Waals surface area contributed by atoms with E-state index in [1.807, 2.05) is 42.5 Å². The summed E-state index contributed by atoms with van der Waals surface area (Å²) in [5, 5.41) is 2.36. The molecule has 1 aliphatic carbocycles. The maximum Gasteiger partial charge on any atom is 0.286 e. The van der Waals surface area contributed by atoms with Gasteiger partial charge in [0.2, 0.25) is 0 Å². The molecule has 0 N–H and O–H groups in total. The number of carbonyl (C=O) groups is 1. The topological polar surface area (TPSA) is 65.0 Å². The molecule has 1 aromatic carbocycles. The minimum absolute atomic E-state index is 0.112. The number of rotatable bonds is 8. The minimum Gasteiger partial charge on any atom is -0.490 e. The van der Waals surface area contributed by atoms with Crippen LogP contribution in [0.4, 0.5) is 0 Å². The summed E-state index contributed by atoms with van der Waals surface area (Å²) in [6.07, 6.45) is 6.40.